The van der Waals surface area contributed by atoms with Crippen LogP contribution < -0.4 is 0 Å². The number of unbranched alkanes of at least 4 members (excludes halogenated alkanes) is 3. The lowest BCUT2D eigenvalue weighted by Gasteiger charge is -2.11. The average molecular weight is 325 g/mol. The maximum Gasteiger partial charge on any atom is 0.330 e. The van der Waals surface area contributed by atoms with Crippen LogP contribution >= 0.6 is 12.3 Å². The average Bonchev–Trinajstić information content (AvgIpc) is 2.43. The lowest BCUT2D eigenvalue weighted by atomic mass is 10.1. The zero-order chi connectivity index (χ0) is 15.9. The first-order valence-corrected chi connectivity index (χ1v) is 7.58. The van der Waals surface area contributed by atoms with Crippen molar-refractivity contribution in [2.75, 3.05) is 13.2 Å². The second-order valence-corrected chi connectivity index (χ2v) is 4.50. The smallest absolute Gasteiger partial charge is 0.330 e. The van der Waals surface area contributed by atoms with E-state index in [9.17, 15) is 9.59 Å². The molecule has 0 unspecified atom stereocenters. The van der Waals surface area contributed by atoms with Crippen LogP contribution in [0.2, 0.25) is 0 Å². The molecule has 0 saturated heterocycles. The molecule has 0 radical (unpaired) electrons. The molecule has 0 spiro atoms. The fourth-order valence-electron chi connectivity index (χ4n) is 1.31. The van der Waals surface area contributed by atoms with Gasteiger partial charge in [0.2, 0.25) is 12.3 Å². The number of hydrogen-bond donors (Lipinski definition) is 1. The number of hydrogen-bond acceptors (Lipinski definition) is 9. The van der Waals surface area contributed by atoms with Gasteiger partial charge in [-0.25, -0.2) is 4.84 Å². The van der Waals surface area contributed by atoms with Gasteiger partial charge in [-0.2, -0.15) is 0 Å². The molecule has 0 aromatic carbocycles. The molecule has 0 rings (SSSR count). The van der Waals surface area contributed by atoms with Gasteiger partial charge < -0.3 is 9.02 Å². The van der Waals surface area contributed by atoms with E-state index in [1.165, 1.54) is 0 Å². The van der Waals surface area contributed by atoms with E-state index < -0.39 is 5.97 Å². The van der Waals surface area contributed by atoms with E-state index in [1.54, 1.807) is 13.8 Å². The molecule has 8 nitrogen and oxygen atoms in total. The van der Waals surface area contributed by atoms with Crippen LogP contribution in [-0.2, 0) is 27.6 Å². The Morgan fingerprint density at radius 1 is 1.00 bits per heavy atom. The Balaban J connectivity index is 3.39. The molecule has 0 heterocycles. The predicted octanol–water partition coefficient (Wildman–Crippen LogP) is 2.57. The van der Waals surface area contributed by atoms with Crippen molar-refractivity contribution >= 4 is 24.3 Å². The van der Waals surface area contributed by atoms with Crippen molar-refractivity contribution in [2.45, 2.75) is 52.4 Å². The summed E-state index contributed by atoms with van der Waals surface area (Å²) >= 11 is 0.692. The van der Waals surface area contributed by atoms with Crippen molar-refractivity contribution < 1.29 is 32.8 Å². The van der Waals surface area contributed by atoms with E-state index in [0.717, 1.165) is 12.8 Å². The Kier molecular flexibility index (Phi) is 13.5. The Bertz CT molecular complexity index is 291. The van der Waals surface area contributed by atoms with Crippen LogP contribution in [0, 0.1) is 0 Å². The fraction of sp³-hybridized carbons (Fsp3) is 0.833. The van der Waals surface area contributed by atoms with E-state index in [1.807, 2.05) is 0 Å². The third kappa shape index (κ3) is 13.9. The van der Waals surface area contributed by atoms with Crippen molar-refractivity contribution in [3.05, 3.63) is 0 Å². The summed E-state index contributed by atoms with van der Waals surface area (Å²) in [6, 6.07) is 0. The van der Waals surface area contributed by atoms with E-state index in [0.29, 0.717) is 38.2 Å². The van der Waals surface area contributed by atoms with Gasteiger partial charge in [0.05, 0.1) is 13.2 Å². The van der Waals surface area contributed by atoms with Crippen molar-refractivity contribution in [1.82, 2.24) is 5.39 Å². The molecule has 0 saturated carbocycles. The molecule has 0 atom stereocenters. The highest BCUT2D eigenvalue weighted by molar-refractivity contribution is 7.90. The number of carbonyl (C=O) groups is 2. The van der Waals surface area contributed by atoms with Gasteiger partial charge >= 0.3 is 11.9 Å². The summed E-state index contributed by atoms with van der Waals surface area (Å²) < 4.78 is 9.54. The highest BCUT2D eigenvalue weighted by Gasteiger charge is 2.09. The molecule has 124 valence electrons. The van der Waals surface area contributed by atoms with Crippen molar-refractivity contribution in [1.29, 1.82) is 0 Å². The molecule has 0 aliphatic heterocycles. The first-order valence-electron chi connectivity index (χ1n) is 6.91. The summed E-state index contributed by atoms with van der Waals surface area (Å²) in [5.41, 5.74) is 0. The standard InChI is InChI=1S/C12H23NO7S/c1-3-17-13(16)19-11(14)9-7-5-6-8-10-12(15)20-21-18-4-2/h16H,3-10H2,1-2H3. The number of rotatable bonds is 13. The minimum Gasteiger partial charge on any atom is -0.364 e. The zero-order valence-electron chi connectivity index (χ0n) is 12.4. The normalized spacial score (nSPS) is 10.7. The van der Waals surface area contributed by atoms with Crippen LogP contribution in [0.25, 0.3) is 0 Å². The third-order valence-electron chi connectivity index (χ3n) is 2.22. The first-order chi connectivity index (χ1) is 10.1. The largest absolute Gasteiger partial charge is 0.364 e. The lowest BCUT2D eigenvalue weighted by Crippen LogP contribution is -2.24. The molecule has 0 aliphatic carbocycles. The second kappa shape index (κ2) is 14.1. The Labute approximate surface area is 128 Å². The van der Waals surface area contributed by atoms with Gasteiger partial charge in [0.15, 0.2) is 0 Å². The van der Waals surface area contributed by atoms with Crippen molar-refractivity contribution in [3.8, 4) is 0 Å². The lowest BCUT2D eigenvalue weighted by molar-refractivity contribution is -0.487. The summed E-state index contributed by atoms with van der Waals surface area (Å²) in [7, 11) is 0. The van der Waals surface area contributed by atoms with Gasteiger partial charge in [-0.1, -0.05) is 12.8 Å². The van der Waals surface area contributed by atoms with E-state index in [2.05, 4.69) is 9.68 Å². The number of carbonyl (C=O) groups excluding carboxylic acids is 2. The Hall–Kier alpha value is -0.870. The molecular weight excluding hydrogens is 302 g/mol. The molecule has 9 heteroatoms. The van der Waals surface area contributed by atoms with Crippen LogP contribution in [0.4, 0.5) is 0 Å². The van der Waals surface area contributed by atoms with Gasteiger partial charge in [0.25, 0.3) is 0 Å². The van der Waals surface area contributed by atoms with Gasteiger partial charge in [0, 0.05) is 12.8 Å². The summed E-state index contributed by atoms with van der Waals surface area (Å²) in [6.07, 6.45) is 3.37. The highest BCUT2D eigenvalue weighted by Crippen LogP contribution is 2.10. The van der Waals surface area contributed by atoms with Crippen LogP contribution in [0.5, 0.6) is 0 Å². The predicted molar refractivity (Wildman–Crippen MR) is 74.4 cm³/mol. The van der Waals surface area contributed by atoms with Crippen molar-refractivity contribution in [2.24, 2.45) is 0 Å². The maximum absolute atomic E-state index is 11.2. The molecule has 1 N–H and O–H groups in total. The monoisotopic (exact) mass is 325 g/mol. The molecule has 0 aromatic rings. The van der Waals surface area contributed by atoms with E-state index in [4.69, 9.17) is 13.6 Å². The topological polar surface area (TPSA) is 94.5 Å². The van der Waals surface area contributed by atoms with Gasteiger partial charge in [-0.3, -0.25) is 19.0 Å². The SMILES string of the molecule is CCOSOC(=O)CCCCCCC(=O)ON(O)OCC. The maximum atomic E-state index is 11.2. The summed E-state index contributed by atoms with van der Waals surface area (Å²) in [6.45, 7) is 4.12. The van der Waals surface area contributed by atoms with Crippen LogP contribution in [0.1, 0.15) is 52.4 Å². The summed E-state index contributed by atoms with van der Waals surface area (Å²) in [5.74, 6) is -0.890. The van der Waals surface area contributed by atoms with E-state index in [-0.39, 0.29) is 24.4 Å². The molecule has 0 aliphatic rings. The number of nitrogens with zero attached hydrogens (tertiary/aromatic N) is 1. The molecule has 0 bridgehead atoms. The Morgan fingerprint density at radius 3 is 2.19 bits per heavy atom. The summed E-state index contributed by atoms with van der Waals surface area (Å²) in [4.78, 5) is 31.4. The Morgan fingerprint density at radius 2 is 1.62 bits per heavy atom. The molecule has 0 amide bonds. The minimum absolute atomic E-state index is 0.0639. The minimum atomic E-state index is -0.571. The van der Waals surface area contributed by atoms with Gasteiger partial charge in [-0.15, -0.1) is 0 Å². The quantitative estimate of drug-likeness (QED) is 0.311. The van der Waals surface area contributed by atoms with Gasteiger partial charge in [-0.05, 0) is 26.7 Å². The third-order valence-corrected chi connectivity index (χ3v) is 2.81. The van der Waals surface area contributed by atoms with Crippen LogP contribution in [0.15, 0.2) is 0 Å². The first kappa shape index (κ1) is 20.1. The van der Waals surface area contributed by atoms with E-state index >= 15 is 0 Å². The molecule has 0 fully saturated rings. The van der Waals surface area contributed by atoms with Crippen molar-refractivity contribution in [3.63, 3.8) is 0 Å². The molecule has 0 aromatic heterocycles. The second-order valence-electron chi connectivity index (χ2n) is 3.96. The van der Waals surface area contributed by atoms with Gasteiger partial charge in [0.1, 0.15) is 5.39 Å². The summed E-state index contributed by atoms with van der Waals surface area (Å²) in [5, 5.41) is 8.98. The fourth-order valence-corrected chi connectivity index (χ4v) is 1.62. The molecule has 21 heavy (non-hydrogen) atoms. The zero-order valence-corrected chi connectivity index (χ0v) is 13.2. The highest BCUT2D eigenvalue weighted by atomic mass is 32.2. The van der Waals surface area contributed by atoms with Crippen LogP contribution in [0.3, 0.4) is 0 Å². The molecular formula is C12H23NO7S. The van der Waals surface area contributed by atoms with Crippen LogP contribution in [-0.4, -0.2) is 35.7 Å².